The number of pyridine rings is 1. The van der Waals surface area contributed by atoms with E-state index in [1.165, 1.54) is 0 Å². The van der Waals surface area contributed by atoms with Crippen LogP contribution in [0.25, 0.3) is 6.08 Å². The second kappa shape index (κ2) is 5.91. The van der Waals surface area contributed by atoms with Crippen LogP contribution in [-0.2, 0) is 22.3 Å². The van der Waals surface area contributed by atoms with Crippen molar-refractivity contribution in [2.75, 3.05) is 0 Å². The summed E-state index contributed by atoms with van der Waals surface area (Å²) >= 11 is 0. The van der Waals surface area contributed by atoms with Crippen LogP contribution in [0.15, 0.2) is 18.2 Å². The average Bonchev–Trinajstić information content (AvgIpc) is 2.64. The summed E-state index contributed by atoms with van der Waals surface area (Å²) in [7, 11) is -0.332. The minimum absolute atomic E-state index is 0.313. The fourth-order valence-electron chi connectivity index (χ4n) is 2.26. The van der Waals surface area contributed by atoms with E-state index in [2.05, 4.69) is 45.7 Å². The van der Waals surface area contributed by atoms with E-state index in [4.69, 9.17) is 15.0 Å². The maximum absolute atomic E-state index is 5.96. The second-order valence-electron chi connectivity index (χ2n) is 6.42. The fourth-order valence-corrected chi connectivity index (χ4v) is 2.26. The van der Waals surface area contributed by atoms with Crippen molar-refractivity contribution in [2.45, 2.75) is 58.8 Å². The van der Waals surface area contributed by atoms with Gasteiger partial charge < -0.3 is 15.0 Å². The van der Waals surface area contributed by atoms with Crippen LogP contribution in [0.4, 0.5) is 0 Å². The highest BCUT2D eigenvalue weighted by atomic mass is 16.7. The van der Waals surface area contributed by atoms with Gasteiger partial charge in [-0.25, -0.2) is 0 Å². The van der Waals surface area contributed by atoms with Gasteiger partial charge in [-0.05, 0) is 51.3 Å². The van der Waals surface area contributed by atoms with Gasteiger partial charge in [0.25, 0.3) is 0 Å². The van der Waals surface area contributed by atoms with Crippen LogP contribution in [0, 0.1) is 0 Å². The van der Waals surface area contributed by atoms with Gasteiger partial charge in [-0.3, -0.25) is 4.98 Å². The van der Waals surface area contributed by atoms with Crippen LogP contribution in [0.2, 0.25) is 0 Å². The zero-order chi connectivity index (χ0) is 15.7. The van der Waals surface area contributed by atoms with E-state index in [1.807, 2.05) is 18.2 Å². The van der Waals surface area contributed by atoms with E-state index < -0.39 is 0 Å². The molecule has 1 aliphatic heterocycles. The van der Waals surface area contributed by atoms with Gasteiger partial charge in [-0.2, -0.15) is 0 Å². The first-order valence-electron chi connectivity index (χ1n) is 7.51. The maximum atomic E-state index is 5.96. The van der Waals surface area contributed by atoms with Crippen molar-refractivity contribution in [1.82, 2.24) is 4.98 Å². The van der Waals surface area contributed by atoms with Gasteiger partial charge in [0.05, 0.1) is 11.2 Å². The SMILES string of the molecule is CCc1ncc(CN)cc1/C=C/B1OC(C)(C)C(C)(C)O1. The number of nitrogens with zero attached hydrogens (tertiary/aromatic N) is 1. The molecule has 0 amide bonds. The number of hydrogen-bond donors (Lipinski definition) is 1. The third kappa shape index (κ3) is 3.36. The first-order valence-corrected chi connectivity index (χ1v) is 7.51. The summed E-state index contributed by atoms with van der Waals surface area (Å²) in [5.74, 6) is 1.95. The topological polar surface area (TPSA) is 57.4 Å². The van der Waals surface area contributed by atoms with Gasteiger partial charge in [0.15, 0.2) is 0 Å². The molecule has 114 valence electrons. The number of rotatable bonds is 4. The molecule has 5 heteroatoms. The number of aryl methyl sites for hydroxylation is 1. The van der Waals surface area contributed by atoms with E-state index in [0.717, 1.165) is 23.2 Å². The molecule has 1 saturated heterocycles. The number of aromatic nitrogens is 1. The first-order chi connectivity index (χ1) is 9.79. The molecule has 1 fully saturated rings. The van der Waals surface area contributed by atoms with Crippen molar-refractivity contribution < 1.29 is 9.31 Å². The zero-order valence-corrected chi connectivity index (χ0v) is 13.6. The summed E-state index contributed by atoms with van der Waals surface area (Å²) in [4.78, 5) is 4.46. The molecular weight excluding hydrogens is 263 g/mol. The quantitative estimate of drug-likeness (QED) is 0.865. The first kappa shape index (κ1) is 16.2. The van der Waals surface area contributed by atoms with Crippen LogP contribution in [0.5, 0.6) is 0 Å². The van der Waals surface area contributed by atoms with Crippen molar-refractivity contribution in [3.05, 3.63) is 35.1 Å². The highest BCUT2D eigenvalue weighted by Crippen LogP contribution is 2.37. The molecule has 0 aromatic carbocycles. The molecule has 4 nitrogen and oxygen atoms in total. The highest BCUT2D eigenvalue weighted by Gasteiger charge is 2.49. The second-order valence-corrected chi connectivity index (χ2v) is 6.42. The van der Waals surface area contributed by atoms with Gasteiger partial charge in [-0.15, -0.1) is 0 Å². The summed E-state index contributed by atoms with van der Waals surface area (Å²) in [5, 5.41) is 0. The fraction of sp³-hybridized carbons (Fsp3) is 0.562. The van der Waals surface area contributed by atoms with Gasteiger partial charge in [0.2, 0.25) is 0 Å². The third-order valence-electron chi connectivity index (χ3n) is 4.34. The Bertz CT molecular complexity index is 525. The van der Waals surface area contributed by atoms with Crippen molar-refractivity contribution in [2.24, 2.45) is 5.73 Å². The van der Waals surface area contributed by atoms with Crippen molar-refractivity contribution >= 4 is 13.2 Å². The lowest BCUT2D eigenvalue weighted by atomic mass is 9.88. The average molecular weight is 288 g/mol. The van der Waals surface area contributed by atoms with Crippen LogP contribution in [-0.4, -0.2) is 23.3 Å². The zero-order valence-electron chi connectivity index (χ0n) is 13.6. The Labute approximate surface area is 127 Å². The molecule has 0 radical (unpaired) electrons. The van der Waals surface area contributed by atoms with Crippen LogP contribution >= 0.6 is 0 Å². The Hall–Kier alpha value is -1.17. The van der Waals surface area contributed by atoms with Crippen molar-refractivity contribution in [1.29, 1.82) is 0 Å². The molecule has 2 N–H and O–H groups in total. The lowest BCUT2D eigenvalue weighted by Gasteiger charge is -2.32. The summed E-state index contributed by atoms with van der Waals surface area (Å²) in [5.41, 5.74) is 8.22. The maximum Gasteiger partial charge on any atom is 0.487 e. The molecule has 1 aromatic rings. The minimum Gasteiger partial charge on any atom is -0.400 e. The normalized spacial score (nSPS) is 20.4. The Kier molecular flexibility index (Phi) is 4.56. The molecule has 21 heavy (non-hydrogen) atoms. The monoisotopic (exact) mass is 288 g/mol. The van der Waals surface area contributed by atoms with Crippen molar-refractivity contribution in [3.8, 4) is 0 Å². The minimum atomic E-state index is -0.332. The summed E-state index contributed by atoms with van der Waals surface area (Å²) < 4.78 is 11.9. The summed E-state index contributed by atoms with van der Waals surface area (Å²) in [6.07, 6.45) is 4.74. The smallest absolute Gasteiger partial charge is 0.400 e. The molecular formula is C16H25BN2O2. The van der Waals surface area contributed by atoms with E-state index in [-0.39, 0.29) is 18.3 Å². The van der Waals surface area contributed by atoms with Gasteiger partial charge in [0.1, 0.15) is 0 Å². The van der Waals surface area contributed by atoms with Gasteiger partial charge in [0, 0.05) is 18.4 Å². The van der Waals surface area contributed by atoms with E-state index in [0.29, 0.717) is 6.54 Å². The molecule has 0 atom stereocenters. The van der Waals surface area contributed by atoms with E-state index >= 15 is 0 Å². The highest BCUT2D eigenvalue weighted by molar-refractivity contribution is 6.52. The number of nitrogens with two attached hydrogens (primary N) is 1. The van der Waals surface area contributed by atoms with Crippen molar-refractivity contribution in [3.63, 3.8) is 0 Å². The lowest BCUT2D eigenvalue weighted by molar-refractivity contribution is 0.00578. The molecule has 0 saturated carbocycles. The molecule has 0 unspecified atom stereocenters. The molecule has 1 aromatic heterocycles. The predicted molar refractivity (Wildman–Crippen MR) is 86.6 cm³/mol. The Morgan fingerprint density at radius 1 is 1.24 bits per heavy atom. The van der Waals surface area contributed by atoms with Gasteiger partial charge >= 0.3 is 7.12 Å². The largest absolute Gasteiger partial charge is 0.487 e. The van der Waals surface area contributed by atoms with E-state index in [9.17, 15) is 0 Å². The Morgan fingerprint density at radius 3 is 2.38 bits per heavy atom. The molecule has 2 rings (SSSR count). The molecule has 1 aliphatic rings. The molecule has 0 spiro atoms. The van der Waals surface area contributed by atoms with Crippen LogP contribution in [0.1, 0.15) is 51.4 Å². The standard InChI is InChI=1S/C16H25BN2O2/c1-6-14-13(9-12(10-18)11-19-14)7-8-17-20-15(2,3)16(4,5)21-17/h7-9,11H,6,10,18H2,1-5H3/b8-7+. The number of hydrogen-bond acceptors (Lipinski definition) is 4. The molecule has 0 aliphatic carbocycles. The molecule has 2 heterocycles. The third-order valence-corrected chi connectivity index (χ3v) is 4.34. The van der Waals surface area contributed by atoms with E-state index in [1.54, 1.807) is 0 Å². The lowest BCUT2D eigenvalue weighted by Crippen LogP contribution is -2.41. The van der Waals surface area contributed by atoms with Crippen LogP contribution in [0.3, 0.4) is 0 Å². The summed E-state index contributed by atoms with van der Waals surface area (Å²) in [6, 6.07) is 2.08. The van der Waals surface area contributed by atoms with Crippen LogP contribution < -0.4 is 5.73 Å². The summed E-state index contributed by atoms with van der Waals surface area (Å²) in [6.45, 7) is 10.8. The Balaban J connectivity index is 2.19. The molecule has 0 bridgehead atoms. The predicted octanol–water partition coefficient (Wildman–Crippen LogP) is 2.75. The van der Waals surface area contributed by atoms with Gasteiger partial charge in [-0.1, -0.05) is 19.0 Å². The Morgan fingerprint density at radius 2 is 1.86 bits per heavy atom.